The molecule has 2 rings (SSSR count). The maximum absolute atomic E-state index is 12.1. The molecule has 0 radical (unpaired) electrons. The molecule has 0 aromatic carbocycles. The van der Waals surface area contributed by atoms with Gasteiger partial charge in [-0.2, -0.15) is 5.10 Å². The number of rotatable bonds is 4. The number of aryl methyl sites for hydroxylation is 1. The minimum atomic E-state index is -0.191. The Labute approximate surface area is 102 Å². The van der Waals surface area contributed by atoms with Gasteiger partial charge in [0.15, 0.2) is 5.82 Å². The van der Waals surface area contributed by atoms with E-state index in [1.165, 1.54) is 0 Å². The van der Waals surface area contributed by atoms with E-state index >= 15 is 0 Å². The van der Waals surface area contributed by atoms with Crippen molar-refractivity contribution in [3.8, 4) is 0 Å². The molecule has 2 N–H and O–H groups in total. The van der Waals surface area contributed by atoms with Gasteiger partial charge in [0.2, 0.25) is 5.91 Å². The highest BCUT2D eigenvalue weighted by Crippen LogP contribution is 2.38. The number of aromatic nitrogens is 2. The van der Waals surface area contributed by atoms with Crippen molar-refractivity contribution in [1.29, 1.82) is 0 Å². The Morgan fingerprint density at radius 1 is 1.53 bits per heavy atom. The Bertz CT molecular complexity index is 391. The van der Waals surface area contributed by atoms with Gasteiger partial charge in [0.25, 0.3) is 0 Å². The van der Waals surface area contributed by atoms with Gasteiger partial charge in [-0.3, -0.25) is 9.89 Å². The molecule has 1 amide bonds. The fourth-order valence-electron chi connectivity index (χ4n) is 2.47. The average molecular weight is 235 g/mol. The van der Waals surface area contributed by atoms with E-state index in [1.54, 1.807) is 0 Å². The Kier molecular flexibility index (Phi) is 3.50. The third-order valence-electron chi connectivity index (χ3n) is 3.65. The molecule has 1 aromatic rings. The van der Waals surface area contributed by atoms with Gasteiger partial charge in [0, 0.05) is 17.2 Å². The van der Waals surface area contributed by atoms with Gasteiger partial charge in [-0.25, -0.2) is 0 Å². The minimum Gasteiger partial charge on any atom is -0.309 e. The van der Waals surface area contributed by atoms with Crippen LogP contribution >= 0.6 is 0 Å². The van der Waals surface area contributed by atoms with Crippen LogP contribution < -0.4 is 5.32 Å². The summed E-state index contributed by atoms with van der Waals surface area (Å²) in [6, 6.07) is 1.93. The molecular formula is C13H21N3O. The SMILES string of the molecule is CCCc1cc(NC(=O)C2(C)CCCC2)n[nH]1. The smallest absolute Gasteiger partial charge is 0.231 e. The molecule has 94 valence electrons. The lowest BCUT2D eigenvalue weighted by Crippen LogP contribution is -2.30. The monoisotopic (exact) mass is 235 g/mol. The van der Waals surface area contributed by atoms with E-state index in [0.717, 1.165) is 44.2 Å². The first-order valence-corrected chi connectivity index (χ1v) is 6.50. The summed E-state index contributed by atoms with van der Waals surface area (Å²) >= 11 is 0. The predicted octanol–water partition coefficient (Wildman–Crippen LogP) is 2.88. The number of nitrogens with one attached hydrogen (secondary N) is 2. The van der Waals surface area contributed by atoms with Crippen molar-refractivity contribution in [3.63, 3.8) is 0 Å². The molecule has 1 aromatic heterocycles. The van der Waals surface area contributed by atoms with E-state index in [2.05, 4.69) is 29.4 Å². The summed E-state index contributed by atoms with van der Waals surface area (Å²) in [6.45, 7) is 4.17. The molecule has 0 aliphatic heterocycles. The van der Waals surface area contributed by atoms with Crippen LogP contribution in [0.25, 0.3) is 0 Å². The molecule has 0 bridgehead atoms. The zero-order valence-corrected chi connectivity index (χ0v) is 10.7. The molecule has 1 aliphatic rings. The van der Waals surface area contributed by atoms with E-state index in [1.807, 2.05) is 6.07 Å². The number of carbonyl (C=O) groups excluding carboxylic acids is 1. The summed E-state index contributed by atoms with van der Waals surface area (Å²) in [5.41, 5.74) is 0.892. The Hall–Kier alpha value is -1.32. The largest absolute Gasteiger partial charge is 0.309 e. The van der Waals surface area contributed by atoms with Crippen LogP contribution in [0.1, 0.15) is 51.6 Å². The molecule has 4 nitrogen and oxygen atoms in total. The van der Waals surface area contributed by atoms with Gasteiger partial charge in [-0.15, -0.1) is 0 Å². The third kappa shape index (κ3) is 2.68. The van der Waals surface area contributed by atoms with Crippen molar-refractivity contribution >= 4 is 11.7 Å². The normalized spacial score (nSPS) is 18.2. The van der Waals surface area contributed by atoms with Crippen molar-refractivity contribution in [2.45, 2.75) is 52.4 Å². The molecule has 1 heterocycles. The summed E-state index contributed by atoms with van der Waals surface area (Å²) in [5.74, 6) is 0.774. The first-order chi connectivity index (χ1) is 8.14. The highest BCUT2D eigenvalue weighted by Gasteiger charge is 2.36. The molecule has 1 aliphatic carbocycles. The van der Waals surface area contributed by atoms with E-state index in [4.69, 9.17) is 0 Å². The average Bonchev–Trinajstić information content (AvgIpc) is 2.90. The van der Waals surface area contributed by atoms with Crippen LogP contribution in [-0.2, 0) is 11.2 Å². The van der Waals surface area contributed by atoms with Gasteiger partial charge in [-0.05, 0) is 19.3 Å². The maximum atomic E-state index is 12.1. The molecule has 0 saturated heterocycles. The Morgan fingerprint density at radius 2 is 2.24 bits per heavy atom. The Balaban J connectivity index is 1.97. The minimum absolute atomic E-state index is 0.115. The fraction of sp³-hybridized carbons (Fsp3) is 0.692. The summed E-state index contributed by atoms with van der Waals surface area (Å²) in [7, 11) is 0. The summed E-state index contributed by atoms with van der Waals surface area (Å²) in [4.78, 5) is 12.1. The van der Waals surface area contributed by atoms with Crippen LogP contribution in [0.15, 0.2) is 6.07 Å². The number of amides is 1. The van der Waals surface area contributed by atoms with Crippen LogP contribution in [0.4, 0.5) is 5.82 Å². The van der Waals surface area contributed by atoms with Gasteiger partial charge in [-0.1, -0.05) is 33.1 Å². The number of anilines is 1. The number of aromatic amines is 1. The molecule has 1 fully saturated rings. The second-order valence-electron chi connectivity index (χ2n) is 5.25. The fourth-order valence-corrected chi connectivity index (χ4v) is 2.47. The van der Waals surface area contributed by atoms with E-state index in [0.29, 0.717) is 5.82 Å². The summed E-state index contributed by atoms with van der Waals surface area (Å²) in [5, 5.41) is 9.99. The first-order valence-electron chi connectivity index (χ1n) is 6.50. The standard InChI is InChI=1S/C13H21N3O/c1-3-6-10-9-11(16-15-10)14-12(17)13(2)7-4-5-8-13/h9H,3-8H2,1-2H3,(H2,14,15,16,17). The van der Waals surface area contributed by atoms with Crippen LogP contribution in [0.3, 0.4) is 0 Å². The Morgan fingerprint density at radius 3 is 2.88 bits per heavy atom. The summed E-state index contributed by atoms with van der Waals surface area (Å²) in [6.07, 6.45) is 6.35. The molecular weight excluding hydrogens is 214 g/mol. The van der Waals surface area contributed by atoms with Crippen molar-refractivity contribution in [2.24, 2.45) is 5.41 Å². The second-order valence-corrected chi connectivity index (χ2v) is 5.25. The number of nitrogens with zero attached hydrogens (tertiary/aromatic N) is 1. The molecule has 17 heavy (non-hydrogen) atoms. The van der Waals surface area contributed by atoms with Gasteiger partial charge in [0.1, 0.15) is 0 Å². The molecule has 1 saturated carbocycles. The van der Waals surface area contributed by atoms with E-state index in [-0.39, 0.29) is 11.3 Å². The number of hydrogen-bond acceptors (Lipinski definition) is 2. The van der Waals surface area contributed by atoms with Crippen LogP contribution in [0.5, 0.6) is 0 Å². The zero-order valence-electron chi connectivity index (χ0n) is 10.7. The van der Waals surface area contributed by atoms with Crippen molar-refractivity contribution in [2.75, 3.05) is 5.32 Å². The quantitative estimate of drug-likeness (QED) is 0.843. The summed E-state index contributed by atoms with van der Waals surface area (Å²) < 4.78 is 0. The maximum Gasteiger partial charge on any atom is 0.231 e. The zero-order chi connectivity index (χ0) is 12.3. The third-order valence-corrected chi connectivity index (χ3v) is 3.65. The number of hydrogen-bond donors (Lipinski definition) is 2. The van der Waals surface area contributed by atoms with E-state index in [9.17, 15) is 4.79 Å². The highest BCUT2D eigenvalue weighted by molar-refractivity contribution is 5.94. The van der Waals surface area contributed by atoms with Crippen LogP contribution in [-0.4, -0.2) is 16.1 Å². The van der Waals surface area contributed by atoms with Gasteiger partial charge < -0.3 is 5.32 Å². The lowest BCUT2D eigenvalue weighted by atomic mass is 9.88. The lowest BCUT2D eigenvalue weighted by molar-refractivity contribution is -0.124. The molecule has 0 atom stereocenters. The van der Waals surface area contributed by atoms with Crippen molar-refractivity contribution in [1.82, 2.24) is 10.2 Å². The molecule has 4 heteroatoms. The molecule has 0 spiro atoms. The van der Waals surface area contributed by atoms with Crippen LogP contribution in [0, 0.1) is 5.41 Å². The van der Waals surface area contributed by atoms with Crippen molar-refractivity contribution < 1.29 is 4.79 Å². The number of carbonyl (C=O) groups is 1. The van der Waals surface area contributed by atoms with Crippen LogP contribution in [0.2, 0.25) is 0 Å². The lowest BCUT2D eigenvalue weighted by Gasteiger charge is -2.21. The topological polar surface area (TPSA) is 57.8 Å². The second kappa shape index (κ2) is 4.90. The molecule has 0 unspecified atom stereocenters. The highest BCUT2D eigenvalue weighted by atomic mass is 16.2. The van der Waals surface area contributed by atoms with Crippen molar-refractivity contribution in [3.05, 3.63) is 11.8 Å². The first kappa shape index (κ1) is 12.1. The van der Waals surface area contributed by atoms with Gasteiger partial charge in [0.05, 0.1) is 0 Å². The van der Waals surface area contributed by atoms with Gasteiger partial charge >= 0.3 is 0 Å². The predicted molar refractivity (Wildman–Crippen MR) is 67.8 cm³/mol. The number of H-pyrrole nitrogens is 1. The van der Waals surface area contributed by atoms with E-state index < -0.39 is 0 Å².